The summed E-state index contributed by atoms with van der Waals surface area (Å²) in [7, 11) is 0. The molecule has 2 N–H and O–H groups in total. The fraction of sp³-hybridized carbons (Fsp3) is 0.250. The molecule has 0 aromatic heterocycles. The van der Waals surface area contributed by atoms with Crippen LogP contribution in [-0.4, -0.2) is 24.4 Å². The molecule has 136 valence electrons. The minimum atomic E-state index is -0.594. The molecule has 6 heteroatoms. The number of nitrogens with one attached hydrogen (secondary N) is 2. The standard InChI is InChI=1S/C20H22N2O4/c1-14-8-9-17(15(2)12-14)22-19(24)13-26-20(25)11-10-18(23)21-16-6-4-3-5-7-16/h3-9,12H,10-11,13H2,1-2H3,(H,21,23)(H,22,24). The van der Waals surface area contributed by atoms with Crippen LogP contribution in [0.2, 0.25) is 0 Å². The van der Waals surface area contributed by atoms with Crippen LogP contribution in [0.5, 0.6) is 0 Å². The first kappa shape index (κ1) is 19.2. The van der Waals surface area contributed by atoms with Gasteiger partial charge in [-0.2, -0.15) is 0 Å². The molecule has 0 fully saturated rings. The van der Waals surface area contributed by atoms with E-state index in [4.69, 9.17) is 4.74 Å². The summed E-state index contributed by atoms with van der Waals surface area (Å²) in [6, 6.07) is 14.6. The average molecular weight is 354 g/mol. The fourth-order valence-electron chi connectivity index (χ4n) is 2.32. The number of ether oxygens (including phenoxy) is 1. The molecular weight excluding hydrogens is 332 g/mol. The lowest BCUT2D eigenvalue weighted by molar-refractivity contribution is -0.147. The van der Waals surface area contributed by atoms with Gasteiger partial charge in [0.05, 0.1) is 6.42 Å². The van der Waals surface area contributed by atoms with Gasteiger partial charge >= 0.3 is 5.97 Å². The minimum Gasteiger partial charge on any atom is -0.456 e. The van der Waals surface area contributed by atoms with Crippen LogP contribution in [0.4, 0.5) is 11.4 Å². The number of hydrogen-bond donors (Lipinski definition) is 2. The van der Waals surface area contributed by atoms with Crippen LogP contribution in [0.1, 0.15) is 24.0 Å². The van der Waals surface area contributed by atoms with Crippen LogP contribution in [0.3, 0.4) is 0 Å². The van der Waals surface area contributed by atoms with Crippen molar-refractivity contribution < 1.29 is 19.1 Å². The lowest BCUT2D eigenvalue weighted by Crippen LogP contribution is -2.22. The van der Waals surface area contributed by atoms with E-state index in [1.165, 1.54) is 0 Å². The molecule has 0 saturated carbocycles. The summed E-state index contributed by atoms with van der Waals surface area (Å²) in [5.74, 6) is -1.30. The minimum absolute atomic E-state index is 0.00752. The van der Waals surface area contributed by atoms with Crippen LogP contribution in [0.25, 0.3) is 0 Å². The molecule has 0 atom stereocenters. The van der Waals surface area contributed by atoms with E-state index < -0.39 is 11.9 Å². The van der Waals surface area contributed by atoms with Crippen LogP contribution < -0.4 is 10.6 Å². The number of carbonyl (C=O) groups is 3. The number of hydrogen-bond acceptors (Lipinski definition) is 4. The molecule has 2 aromatic rings. The summed E-state index contributed by atoms with van der Waals surface area (Å²) in [6.45, 7) is 3.47. The van der Waals surface area contributed by atoms with Gasteiger partial charge in [0, 0.05) is 17.8 Å². The SMILES string of the molecule is Cc1ccc(NC(=O)COC(=O)CCC(=O)Nc2ccccc2)c(C)c1. The zero-order valence-electron chi connectivity index (χ0n) is 14.9. The van der Waals surface area contributed by atoms with E-state index in [1.54, 1.807) is 30.3 Å². The largest absolute Gasteiger partial charge is 0.456 e. The van der Waals surface area contributed by atoms with Crippen LogP contribution in [0.15, 0.2) is 48.5 Å². The monoisotopic (exact) mass is 354 g/mol. The van der Waals surface area contributed by atoms with Gasteiger partial charge in [-0.25, -0.2) is 0 Å². The predicted molar refractivity (Wildman–Crippen MR) is 99.8 cm³/mol. The Morgan fingerprint density at radius 1 is 0.885 bits per heavy atom. The number of amides is 2. The summed E-state index contributed by atoms with van der Waals surface area (Å²) in [6.07, 6.45) is -0.0953. The van der Waals surface area contributed by atoms with E-state index in [0.717, 1.165) is 11.1 Å². The third-order valence-electron chi connectivity index (χ3n) is 3.63. The molecule has 2 amide bonds. The van der Waals surface area contributed by atoms with Crippen molar-refractivity contribution in [1.29, 1.82) is 0 Å². The molecule has 0 unspecified atom stereocenters. The van der Waals surface area contributed by atoms with Gasteiger partial charge in [0.25, 0.3) is 5.91 Å². The van der Waals surface area contributed by atoms with Crippen molar-refractivity contribution in [3.8, 4) is 0 Å². The Hall–Kier alpha value is -3.15. The molecule has 0 radical (unpaired) electrons. The smallest absolute Gasteiger partial charge is 0.306 e. The van der Waals surface area contributed by atoms with Crippen molar-refractivity contribution in [1.82, 2.24) is 0 Å². The van der Waals surface area contributed by atoms with Crippen molar-refractivity contribution in [3.05, 3.63) is 59.7 Å². The Kier molecular flexibility index (Phi) is 6.91. The molecule has 0 aliphatic carbocycles. The number of anilines is 2. The molecule has 6 nitrogen and oxygen atoms in total. The maximum atomic E-state index is 11.9. The van der Waals surface area contributed by atoms with E-state index >= 15 is 0 Å². The Bertz CT molecular complexity index is 788. The zero-order valence-corrected chi connectivity index (χ0v) is 14.9. The van der Waals surface area contributed by atoms with E-state index in [0.29, 0.717) is 11.4 Å². The van der Waals surface area contributed by atoms with Gasteiger partial charge in [-0.15, -0.1) is 0 Å². The number of para-hydroxylation sites is 1. The highest BCUT2D eigenvalue weighted by Gasteiger charge is 2.11. The van der Waals surface area contributed by atoms with Crippen molar-refractivity contribution in [3.63, 3.8) is 0 Å². The highest BCUT2D eigenvalue weighted by molar-refractivity contribution is 5.94. The van der Waals surface area contributed by atoms with Crippen molar-refractivity contribution in [2.24, 2.45) is 0 Å². The maximum Gasteiger partial charge on any atom is 0.306 e. The van der Waals surface area contributed by atoms with Crippen molar-refractivity contribution in [2.45, 2.75) is 26.7 Å². The number of carbonyl (C=O) groups excluding carboxylic acids is 3. The summed E-state index contributed by atoms with van der Waals surface area (Å²) in [5.41, 5.74) is 3.38. The van der Waals surface area contributed by atoms with Crippen LogP contribution in [-0.2, 0) is 19.1 Å². The first-order valence-corrected chi connectivity index (χ1v) is 8.31. The van der Waals surface area contributed by atoms with Gasteiger partial charge < -0.3 is 15.4 Å². The third kappa shape index (κ3) is 6.39. The number of esters is 1. The Morgan fingerprint density at radius 2 is 1.62 bits per heavy atom. The highest BCUT2D eigenvalue weighted by atomic mass is 16.5. The number of rotatable bonds is 7. The highest BCUT2D eigenvalue weighted by Crippen LogP contribution is 2.15. The van der Waals surface area contributed by atoms with Gasteiger partial charge in [0.2, 0.25) is 5.91 Å². The second kappa shape index (κ2) is 9.36. The van der Waals surface area contributed by atoms with Gasteiger partial charge in [-0.1, -0.05) is 35.9 Å². The first-order chi connectivity index (χ1) is 12.4. The van der Waals surface area contributed by atoms with Crippen LogP contribution in [0, 0.1) is 13.8 Å². The Balaban J connectivity index is 1.69. The molecule has 0 saturated heterocycles. The fourth-order valence-corrected chi connectivity index (χ4v) is 2.32. The second-order valence-electron chi connectivity index (χ2n) is 5.94. The van der Waals surface area contributed by atoms with Gasteiger partial charge in [-0.05, 0) is 37.6 Å². The molecule has 26 heavy (non-hydrogen) atoms. The van der Waals surface area contributed by atoms with Crippen molar-refractivity contribution in [2.75, 3.05) is 17.2 Å². The number of aryl methyl sites for hydroxylation is 2. The summed E-state index contributed by atoms with van der Waals surface area (Å²) >= 11 is 0. The van der Waals surface area contributed by atoms with E-state index in [2.05, 4.69) is 10.6 Å². The summed E-state index contributed by atoms with van der Waals surface area (Å²) < 4.78 is 4.91. The molecule has 0 aliphatic rings. The lowest BCUT2D eigenvalue weighted by atomic mass is 10.1. The van der Waals surface area contributed by atoms with Crippen LogP contribution >= 0.6 is 0 Å². The zero-order chi connectivity index (χ0) is 18.9. The molecule has 0 heterocycles. The Labute approximate surface area is 152 Å². The Morgan fingerprint density at radius 3 is 2.31 bits per heavy atom. The normalized spacial score (nSPS) is 10.1. The molecular formula is C20H22N2O4. The van der Waals surface area contributed by atoms with E-state index in [9.17, 15) is 14.4 Å². The molecule has 2 rings (SSSR count). The maximum absolute atomic E-state index is 11.9. The molecule has 0 bridgehead atoms. The average Bonchev–Trinajstić information content (AvgIpc) is 2.61. The predicted octanol–water partition coefficient (Wildman–Crippen LogP) is 3.20. The summed E-state index contributed by atoms with van der Waals surface area (Å²) in [4.78, 5) is 35.3. The number of benzene rings is 2. The summed E-state index contributed by atoms with van der Waals surface area (Å²) in [5, 5.41) is 5.37. The molecule has 0 aliphatic heterocycles. The topological polar surface area (TPSA) is 84.5 Å². The van der Waals surface area contributed by atoms with Crippen molar-refractivity contribution >= 4 is 29.2 Å². The van der Waals surface area contributed by atoms with E-state index in [-0.39, 0.29) is 25.4 Å². The molecule has 0 spiro atoms. The van der Waals surface area contributed by atoms with E-state index in [1.807, 2.05) is 32.0 Å². The quantitative estimate of drug-likeness (QED) is 0.748. The third-order valence-corrected chi connectivity index (χ3v) is 3.63. The van der Waals surface area contributed by atoms with Gasteiger partial charge in [-0.3, -0.25) is 14.4 Å². The van der Waals surface area contributed by atoms with Gasteiger partial charge in [0.15, 0.2) is 6.61 Å². The molecule has 2 aromatic carbocycles. The van der Waals surface area contributed by atoms with Gasteiger partial charge in [0.1, 0.15) is 0 Å². The second-order valence-corrected chi connectivity index (χ2v) is 5.94. The lowest BCUT2D eigenvalue weighted by Gasteiger charge is -2.09. The first-order valence-electron chi connectivity index (χ1n) is 8.31.